The van der Waals surface area contributed by atoms with Crippen LogP contribution in [0.1, 0.15) is 9.67 Å². The van der Waals surface area contributed by atoms with Crippen LogP contribution in [0, 0.1) is 0 Å². The fraction of sp³-hybridized carbons (Fsp3) is 0.200. The smallest absolute Gasteiger partial charge is 0.206 e. The average Bonchev–Trinajstić information content (AvgIpc) is 3.17. The Morgan fingerprint density at radius 2 is 2.00 bits per heavy atom. The highest BCUT2D eigenvalue weighted by Gasteiger charge is 2.36. The highest BCUT2D eigenvalue weighted by molar-refractivity contribution is 9.11. The van der Waals surface area contributed by atoms with E-state index in [2.05, 4.69) is 31.9 Å². The van der Waals surface area contributed by atoms with Crippen molar-refractivity contribution in [2.75, 3.05) is 29.4 Å². The van der Waals surface area contributed by atoms with Crippen LogP contribution < -0.4 is 9.80 Å². The Bertz CT molecular complexity index is 759. The fourth-order valence-corrected chi connectivity index (χ4v) is 4.08. The fourth-order valence-electron chi connectivity index (χ4n) is 2.76. The zero-order chi connectivity index (χ0) is 14.4. The first-order valence-corrected chi connectivity index (χ1v) is 8.32. The minimum atomic E-state index is 0. The molecule has 7 heteroatoms. The van der Waals surface area contributed by atoms with Gasteiger partial charge in [-0.05, 0) is 40.2 Å². The van der Waals surface area contributed by atoms with Crippen LogP contribution in [-0.2, 0) is 0 Å². The highest BCUT2D eigenvalue weighted by atomic mass is 79.9. The second-order valence-corrected chi connectivity index (χ2v) is 7.40. The molecule has 3 heterocycles. The van der Waals surface area contributed by atoms with Crippen molar-refractivity contribution in [1.29, 1.82) is 0 Å². The minimum Gasteiger partial charge on any atom is -0.308 e. The van der Waals surface area contributed by atoms with Gasteiger partial charge in [0.2, 0.25) is 5.96 Å². The second kappa shape index (κ2) is 6.14. The second-order valence-electron chi connectivity index (χ2n) is 4.94. The molecule has 2 aromatic rings. The Kier molecular flexibility index (Phi) is 4.38. The summed E-state index contributed by atoms with van der Waals surface area (Å²) in [7, 11) is 0. The molecule has 0 N–H and O–H groups in total. The molecule has 0 bridgehead atoms. The third-order valence-corrected chi connectivity index (χ3v) is 5.34. The normalized spacial score (nSPS) is 15.2. The molecule has 0 spiro atoms. The lowest BCUT2D eigenvalue weighted by Crippen LogP contribution is -2.38. The Hall–Kier alpha value is -1.18. The Morgan fingerprint density at radius 1 is 1.23 bits per heavy atom. The van der Waals surface area contributed by atoms with E-state index in [1.165, 1.54) is 11.3 Å². The van der Waals surface area contributed by atoms with Crippen molar-refractivity contribution in [1.82, 2.24) is 0 Å². The van der Waals surface area contributed by atoms with Gasteiger partial charge in [-0.3, -0.25) is 9.79 Å². The Labute approximate surface area is 151 Å². The van der Waals surface area contributed by atoms with Crippen LogP contribution in [0.25, 0.3) is 0 Å². The summed E-state index contributed by atoms with van der Waals surface area (Å²) in [5.74, 6) is 1.03. The number of hydrogen-bond donors (Lipinski definition) is 0. The number of anilines is 2. The van der Waals surface area contributed by atoms with Crippen molar-refractivity contribution >= 4 is 67.4 Å². The monoisotopic (exact) mass is 441 g/mol. The van der Waals surface area contributed by atoms with E-state index < -0.39 is 0 Å². The number of thiophene rings is 1. The van der Waals surface area contributed by atoms with Crippen molar-refractivity contribution in [3.05, 3.63) is 45.1 Å². The quantitative estimate of drug-likeness (QED) is 0.674. The molecule has 0 fully saturated rings. The zero-order valence-corrected chi connectivity index (χ0v) is 15.6. The number of rotatable bonds is 3. The van der Waals surface area contributed by atoms with Crippen molar-refractivity contribution in [3.63, 3.8) is 0 Å². The summed E-state index contributed by atoms with van der Waals surface area (Å²) in [5, 5.41) is 0. The van der Waals surface area contributed by atoms with E-state index in [0.717, 1.165) is 39.1 Å². The number of hydrogen-bond acceptors (Lipinski definition) is 5. The first kappa shape index (κ1) is 15.7. The lowest BCUT2D eigenvalue weighted by molar-refractivity contribution is 0.101. The number of aliphatic imine (C=N–C) groups is 1. The summed E-state index contributed by atoms with van der Waals surface area (Å²) >= 11 is 4.88. The standard InChI is InChI=1S/C15H12BrN3OS.BrH/c16-14-6-5-13(21-14)12(20)9-19-11-4-2-1-3-10(11)18-8-7-17-15(18)19;/h1-6H,7-9H2;1H. The van der Waals surface area contributed by atoms with Gasteiger partial charge >= 0.3 is 0 Å². The van der Waals surface area contributed by atoms with Crippen LogP contribution in [0.15, 0.2) is 45.2 Å². The minimum absolute atomic E-state index is 0. The number of carbonyl (C=O) groups excluding carboxylic acids is 1. The number of benzene rings is 1. The van der Waals surface area contributed by atoms with Crippen LogP contribution in [-0.4, -0.2) is 31.4 Å². The summed E-state index contributed by atoms with van der Waals surface area (Å²) < 4.78 is 0.979. The van der Waals surface area contributed by atoms with Crippen LogP contribution in [0.3, 0.4) is 0 Å². The molecular formula is C15H13Br2N3OS. The molecular weight excluding hydrogens is 430 g/mol. The van der Waals surface area contributed by atoms with Crippen molar-refractivity contribution in [3.8, 4) is 0 Å². The molecule has 114 valence electrons. The van der Waals surface area contributed by atoms with E-state index in [4.69, 9.17) is 0 Å². The van der Waals surface area contributed by atoms with Gasteiger partial charge in [0.15, 0.2) is 5.78 Å². The molecule has 0 saturated carbocycles. The number of fused-ring (bicyclic) bond motifs is 3. The summed E-state index contributed by atoms with van der Waals surface area (Å²) in [4.78, 5) is 22.0. The molecule has 0 atom stereocenters. The highest BCUT2D eigenvalue weighted by Crippen LogP contribution is 2.38. The molecule has 2 aliphatic rings. The van der Waals surface area contributed by atoms with E-state index in [9.17, 15) is 4.79 Å². The number of nitrogens with zero attached hydrogens (tertiary/aromatic N) is 3. The third kappa shape index (κ3) is 2.51. The maximum atomic E-state index is 12.5. The summed E-state index contributed by atoms with van der Waals surface area (Å²) in [5.41, 5.74) is 2.22. The van der Waals surface area contributed by atoms with Gasteiger partial charge in [0.1, 0.15) is 0 Å². The number of carbonyl (C=O) groups is 1. The van der Waals surface area contributed by atoms with Gasteiger partial charge in [-0.15, -0.1) is 28.3 Å². The largest absolute Gasteiger partial charge is 0.308 e. The molecule has 0 radical (unpaired) electrons. The lowest BCUT2D eigenvalue weighted by Gasteiger charge is -2.18. The molecule has 0 aliphatic carbocycles. The van der Waals surface area contributed by atoms with Crippen LogP contribution in [0.5, 0.6) is 0 Å². The number of para-hydroxylation sites is 2. The van der Waals surface area contributed by atoms with Crippen LogP contribution in [0.4, 0.5) is 11.4 Å². The molecule has 2 aliphatic heterocycles. The first-order valence-electron chi connectivity index (χ1n) is 6.71. The van der Waals surface area contributed by atoms with Gasteiger partial charge in [-0.2, -0.15) is 0 Å². The molecule has 1 aromatic heterocycles. The van der Waals surface area contributed by atoms with Gasteiger partial charge in [0, 0.05) is 6.54 Å². The lowest BCUT2D eigenvalue weighted by atomic mass is 10.2. The topological polar surface area (TPSA) is 35.9 Å². The van der Waals surface area contributed by atoms with E-state index in [1.54, 1.807) is 0 Å². The van der Waals surface area contributed by atoms with Crippen molar-refractivity contribution < 1.29 is 4.79 Å². The predicted octanol–water partition coefficient (Wildman–Crippen LogP) is 3.97. The van der Waals surface area contributed by atoms with Gasteiger partial charge in [-0.25, -0.2) is 0 Å². The molecule has 1 aromatic carbocycles. The molecule has 0 amide bonds. The Balaban J connectivity index is 0.00000144. The third-order valence-electron chi connectivity index (χ3n) is 3.67. The summed E-state index contributed by atoms with van der Waals surface area (Å²) in [6.07, 6.45) is 0. The number of ketones is 1. The first-order chi connectivity index (χ1) is 10.2. The number of halogens is 2. The number of Topliss-reactive ketones (excluding diaryl/α,β-unsaturated/α-hetero) is 1. The SMILES string of the molecule is Br.O=C(CN1C2=NCCN2c2ccccc21)c1ccc(Br)s1. The zero-order valence-electron chi connectivity index (χ0n) is 11.5. The van der Waals surface area contributed by atoms with Crippen LogP contribution >= 0.6 is 44.2 Å². The maximum absolute atomic E-state index is 12.5. The van der Waals surface area contributed by atoms with Gasteiger partial charge < -0.3 is 9.80 Å². The average molecular weight is 443 g/mol. The summed E-state index contributed by atoms with van der Waals surface area (Å²) in [6.45, 7) is 2.01. The van der Waals surface area contributed by atoms with Gasteiger partial charge in [-0.1, -0.05) is 12.1 Å². The molecule has 22 heavy (non-hydrogen) atoms. The predicted molar refractivity (Wildman–Crippen MR) is 100 cm³/mol. The van der Waals surface area contributed by atoms with E-state index in [1.807, 2.05) is 35.2 Å². The molecule has 0 unspecified atom stereocenters. The van der Waals surface area contributed by atoms with E-state index in [0.29, 0.717) is 6.54 Å². The van der Waals surface area contributed by atoms with E-state index >= 15 is 0 Å². The van der Waals surface area contributed by atoms with Crippen molar-refractivity contribution in [2.45, 2.75) is 0 Å². The molecule has 4 nitrogen and oxygen atoms in total. The van der Waals surface area contributed by atoms with Gasteiger partial charge in [0.25, 0.3) is 0 Å². The van der Waals surface area contributed by atoms with Crippen LogP contribution in [0.2, 0.25) is 0 Å². The Morgan fingerprint density at radius 3 is 2.73 bits per heavy atom. The summed E-state index contributed by atoms with van der Waals surface area (Å²) in [6, 6.07) is 11.9. The van der Waals surface area contributed by atoms with Crippen molar-refractivity contribution in [2.24, 2.45) is 4.99 Å². The maximum Gasteiger partial charge on any atom is 0.206 e. The van der Waals surface area contributed by atoms with Gasteiger partial charge in [0.05, 0.1) is 33.1 Å². The molecule has 0 saturated heterocycles. The van der Waals surface area contributed by atoms with E-state index in [-0.39, 0.29) is 22.8 Å². The number of guanidine groups is 1. The molecule has 4 rings (SSSR count).